The van der Waals surface area contributed by atoms with E-state index in [0.29, 0.717) is 18.4 Å². The molecule has 2 atom stereocenters. The lowest BCUT2D eigenvalue weighted by Crippen LogP contribution is -2.00. The predicted octanol–water partition coefficient (Wildman–Crippen LogP) is 6.06. The van der Waals surface area contributed by atoms with Gasteiger partial charge in [0.15, 0.2) is 0 Å². The van der Waals surface area contributed by atoms with Crippen LogP contribution >= 0.6 is 11.3 Å². The molecule has 166 valence electrons. The number of ether oxygens (including phenoxy) is 2. The van der Waals surface area contributed by atoms with E-state index >= 15 is 0 Å². The fourth-order valence-corrected chi connectivity index (χ4v) is 4.49. The number of fused-ring (bicyclic) bond motifs is 1. The lowest BCUT2D eigenvalue weighted by atomic mass is 9.99. The van der Waals surface area contributed by atoms with Crippen molar-refractivity contribution in [3.05, 3.63) is 57.6 Å². The summed E-state index contributed by atoms with van der Waals surface area (Å²) in [5.41, 5.74) is 3.58. The van der Waals surface area contributed by atoms with E-state index in [-0.39, 0.29) is 0 Å². The Morgan fingerprint density at radius 2 is 2.13 bits per heavy atom. The molecule has 2 heterocycles. The molecular weight excluding hydrogens is 410 g/mol. The Balaban J connectivity index is 0.000000628. The summed E-state index contributed by atoms with van der Waals surface area (Å²) in [5.74, 6) is 2.30. The van der Waals surface area contributed by atoms with Crippen LogP contribution in [0, 0.1) is 18.8 Å². The van der Waals surface area contributed by atoms with Gasteiger partial charge in [0.1, 0.15) is 23.1 Å². The summed E-state index contributed by atoms with van der Waals surface area (Å²) in [6.07, 6.45) is 10.0. The van der Waals surface area contributed by atoms with Gasteiger partial charge in [0.05, 0.1) is 17.2 Å². The standard InChI is InChI=1S/C23H27NO2S.C2H4O2/c1-15-4-6-18(7-5-15)23-24-17(3)22(27-23)14-26-20-9-8-19-12-16(2)10-11-25-21(19)13-20;1-2(3)4/h4,6-9,13,15-16H,5,10-12,14H2,1-3H3;1H3,(H,3,4). The van der Waals surface area contributed by atoms with Crippen LogP contribution in [0.5, 0.6) is 11.5 Å². The molecule has 0 bridgehead atoms. The van der Waals surface area contributed by atoms with Crippen LogP contribution in [-0.2, 0) is 17.8 Å². The molecule has 1 N–H and O–H groups in total. The zero-order chi connectivity index (χ0) is 22.4. The molecule has 1 aromatic heterocycles. The molecule has 5 nitrogen and oxygen atoms in total. The van der Waals surface area contributed by atoms with E-state index in [1.807, 2.05) is 6.07 Å². The van der Waals surface area contributed by atoms with Gasteiger partial charge in [0.2, 0.25) is 0 Å². The summed E-state index contributed by atoms with van der Waals surface area (Å²) in [5, 5.41) is 8.51. The first kappa shape index (κ1) is 23.1. The monoisotopic (exact) mass is 441 g/mol. The van der Waals surface area contributed by atoms with Crippen LogP contribution in [0.3, 0.4) is 0 Å². The fourth-order valence-electron chi connectivity index (χ4n) is 3.50. The molecule has 31 heavy (non-hydrogen) atoms. The molecular formula is C25H31NO4S. The molecule has 4 rings (SSSR count). The Morgan fingerprint density at radius 1 is 1.35 bits per heavy atom. The minimum Gasteiger partial charge on any atom is -0.493 e. The van der Waals surface area contributed by atoms with Crippen molar-refractivity contribution in [2.45, 2.75) is 53.6 Å². The van der Waals surface area contributed by atoms with Gasteiger partial charge in [0, 0.05) is 18.6 Å². The maximum atomic E-state index is 9.00. The van der Waals surface area contributed by atoms with Gasteiger partial charge in [-0.05, 0) is 49.7 Å². The quantitative estimate of drug-likeness (QED) is 0.624. The maximum absolute atomic E-state index is 9.00. The van der Waals surface area contributed by atoms with Crippen LogP contribution in [0.2, 0.25) is 0 Å². The van der Waals surface area contributed by atoms with Gasteiger partial charge >= 0.3 is 0 Å². The SMILES string of the molecule is CC(=O)O.Cc1nc(C2=CCC(C)C=C2)sc1COc1ccc2c(c1)OCCC(C)C2. The van der Waals surface area contributed by atoms with Gasteiger partial charge in [-0.25, -0.2) is 4.98 Å². The van der Waals surface area contributed by atoms with Gasteiger partial charge in [-0.3, -0.25) is 4.79 Å². The molecule has 0 radical (unpaired) electrons. The molecule has 1 aliphatic heterocycles. The normalized spacial score (nSPS) is 19.8. The number of aromatic nitrogens is 1. The van der Waals surface area contributed by atoms with E-state index in [0.717, 1.165) is 55.0 Å². The van der Waals surface area contributed by atoms with Crippen LogP contribution in [0.4, 0.5) is 0 Å². The number of aryl methyl sites for hydroxylation is 1. The third-order valence-corrected chi connectivity index (χ3v) is 6.48. The molecule has 2 unspecified atom stereocenters. The minimum atomic E-state index is -0.833. The number of carbonyl (C=O) groups is 1. The topological polar surface area (TPSA) is 68.7 Å². The second-order valence-electron chi connectivity index (χ2n) is 8.28. The second kappa shape index (κ2) is 10.6. The molecule has 0 saturated heterocycles. The number of rotatable bonds is 4. The summed E-state index contributed by atoms with van der Waals surface area (Å²) in [6, 6.07) is 6.25. The van der Waals surface area contributed by atoms with Gasteiger partial charge in [-0.2, -0.15) is 0 Å². The highest BCUT2D eigenvalue weighted by Gasteiger charge is 2.16. The van der Waals surface area contributed by atoms with Crippen molar-refractivity contribution in [1.82, 2.24) is 4.98 Å². The summed E-state index contributed by atoms with van der Waals surface area (Å²) >= 11 is 1.73. The zero-order valence-electron chi connectivity index (χ0n) is 18.7. The Kier molecular flexibility index (Phi) is 7.91. The first-order valence-corrected chi connectivity index (χ1v) is 11.6. The Hall–Kier alpha value is -2.60. The van der Waals surface area contributed by atoms with E-state index in [9.17, 15) is 0 Å². The highest BCUT2D eigenvalue weighted by molar-refractivity contribution is 7.12. The predicted molar refractivity (Wildman–Crippen MR) is 125 cm³/mol. The largest absolute Gasteiger partial charge is 0.493 e. The van der Waals surface area contributed by atoms with Crippen LogP contribution in [-0.4, -0.2) is 22.7 Å². The van der Waals surface area contributed by atoms with Gasteiger partial charge in [0.25, 0.3) is 5.97 Å². The number of hydrogen-bond acceptors (Lipinski definition) is 5. The molecule has 1 aromatic carbocycles. The van der Waals surface area contributed by atoms with E-state index < -0.39 is 5.97 Å². The average molecular weight is 442 g/mol. The van der Waals surface area contributed by atoms with Crippen molar-refractivity contribution in [3.63, 3.8) is 0 Å². The number of carboxylic acid groups (broad SMARTS) is 1. The van der Waals surface area contributed by atoms with Crippen LogP contribution < -0.4 is 9.47 Å². The highest BCUT2D eigenvalue weighted by Crippen LogP contribution is 2.32. The third-order valence-electron chi connectivity index (χ3n) is 5.30. The van der Waals surface area contributed by atoms with E-state index in [4.69, 9.17) is 24.4 Å². The van der Waals surface area contributed by atoms with Crippen LogP contribution in [0.25, 0.3) is 5.57 Å². The summed E-state index contributed by atoms with van der Waals surface area (Å²) < 4.78 is 12.0. The number of allylic oxidation sites excluding steroid dienone is 4. The minimum absolute atomic E-state index is 0.548. The van der Waals surface area contributed by atoms with Crippen LogP contribution in [0.1, 0.15) is 54.8 Å². The molecule has 2 aromatic rings. The van der Waals surface area contributed by atoms with Crippen molar-refractivity contribution in [3.8, 4) is 11.5 Å². The number of hydrogen-bond donors (Lipinski definition) is 1. The van der Waals surface area contributed by atoms with Gasteiger partial charge < -0.3 is 14.6 Å². The number of benzene rings is 1. The van der Waals surface area contributed by atoms with Crippen LogP contribution in [0.15, 0.2) is 36.4 Å². The number of thiazole rings is 1. The summed E-state index contributed by atoms with van der Waals surface area (Å²) in [6.45, 7) is 9.00. The van der Waals surface area contributed by atoms with Gasteiger partial charge in [-0.1, -0.05) is 38.1 Å². The number of nitrogens with zero attached hydrogens (tertiary/aromatic N) is 1. The first-order chi connectivity index (χ1) is 14.8. The third kappa shape index (κ3) is 6.69. The smallest absolute Gasteiger partial charge is 0.300 e. The number of aliphatic carboxylic acids is 1. The molecule has 1 aliphatic carbocycles. The molecule has 2 aliphatic rings. The summed E-state index contributed by atoms with van der Waals surface area (Å²) in [7, 11) is 0. The Morgan fingerprint density at radius 3 is 2.84 bits per heavy atom. The average Bonchev–Trinajstić information content (AvgIpc) is 2.97. The Labute approximate surface area is 188 Å². The highest BCUT2D eigenvalue weighted by atomic mass is 32.1. The fraction of sp³-hybridized carbons (Fsp3) is 0.440. The lowest BCUT2D eigenvalue weighted by Gasteiger charge is -2.11. The lowest BCUT2D eigenvalue weighted by molar-refractivity contribution is -0.134. The first-order valence-electron chi connectivity index (χ1n) is 10.7. The molecule has 0 fully saturated rings. The van der Waals surface area contributed by atoms with Crippen molar-refractivity contribution in [2.24, 2.45) is 11.8 Å². The second-order valence-corrected chi connectivity index (χ2v) is 9.37. The van der Waals surface area contributed by atoms with E-state index in [1.165, 1.54) is 16.0 Å². The van der Waals surface area contributed by atoms with E-state index in [1.54, 1.807) is 11.3 Å². The van der Waals surface area contributed by atoms with Crippen molar-refractivity contribution >= 4 is 22.9 Å². The van der Waals surface area contributed by atoms with E-state index in [2.05, 4.69) is 51.1 Å². The number of carboxylic acids is 1. The molecule has 0 saturated carbocycles. The zero-order valence-corrected chi connectivity index (χ0v) is 19.5. The molecule has 0 amide bonds. The molecule has 0 spiro atoms. The maximum Gasteiger partial charge on any atom is 0.300 e. The van der Waals surface area contributed by atoms with Gasteiger partial charge in [-0.15, -0.1) is 11.3 Å². The molecule has 6 heteroatoms. The van der Waals surface area contributed by atoms with Crippen molar-refractivity contribution in [2.75, 3.05) is 6.61 Å². The van der Waals surface area contributed by atoms with Crippen molar-refractivity contribution in [1.29, 1.82) is 0 Å². The Bertz CT molecular complexity index is 972. The van der Waals surface area contributed by atoms with Crippen molar-refractivity contribution < 1.29 is 19.4 Å². The summed E-state index contributed by atoms with van der Waals surface area (Å²) in [4.78, 5) is 14.9.